The predicted octanol–water partition coefficient (Wildman–Crippen LogP) is 3.40. The average molecular weight is 329 g/mol. The number of nitrogens with zero attached hydrogens (tertiary/aromatic N) is 5. The molecule has 25 heavy (non-hydrogen) atoms. The predicted molar refractivity (Wildman–Crippen MR) is 97.3 cm³/mol. The van der Waals surface area contributed by atoms with Crippen molar-refractivity contribution in [1.29, 1.82) is 5.26 Å². The Morgan fingerprint density at radius 1 is 1.08 bits per heavy atom. The summed E-state index contributed by atoms with van der Waals surface area (Å²) >= 11 is 0. The molecule has 124 valence electrons. The van der Waals surface area contributed by atoms with Crippen LogP contribution in [0.15, 0.2) is 48.8 Å². The summed E-state index contributed by atoms with van der Waals surface area (Å²) in [6.07, 6.45) is 5.14. The molecule has 0 N–H and O–H groups in total. The molecule has 1 saturated heterocycles. The number of anilines is 1. The van der Waals surface area contributed by atoms with E-state index in [2.05, 4.69) is 38.1 Å². The van der Waals surface area contributed by atoms with Crippen LogP contribution in [0.1, 0.15) is 24.2 Å². The van der Waals surface area contributed by atoms with Crippen molar-refractivity contribution >= 4 is 16.7 Å². The van der Waals surface area contributed by atoms with Crippen LogP contribution in [0.25, 0.3) is 10.9 Å². The molecule has 0 unspecified atom stereocenters. The fraction of sp³-hybridized carbons (Fsp3) is 0.300. The van der Waals surface area contributed by atoms with Crippen LogP contribution in [0.4, 0.5) is 5.82 Å². The lowest BCUT2D eigenvalue weighted by atomic mass is 9.74. The van der Waals surface area contributed by atoms with E-state index in [-0.39, 0.29) is 0 Å². The van der Waals surface area contributed by atoms with E-state index in [1.165, 1.54) is 0 Å². The zero-order chi connectivity index (χ0) is 17.3. The Morgan fingerprint density at radius 3 is 2.56 bits per heavy atom. The molecule has 0 atom stereocenters. The number of aromatic nitrogens is 3. The molecule has 1 aliphatic heterocycles. The van der Waals surface area contributed by atoms with Gasteiger partial charge in [0.05, 0.1) is 23.2 Å². The third-order valence-electron chi connectivity index (χ3n) is 5.05. The number of benzene rings is 1. The Bertz CT molecular complexity index is 937. The monoisotopic (exact) mass is 329 g/mol. The van der Waals surface area contributed by atoms with Crippen LogP contribution < -0.4 is 4.90 Å². The standard InChI is InChI=1S/C20H19N5/c1-15-23-18-13-22-10-7-17(18)19(24-15)25-11-8-20(14-21,9-12-25)16-5-3-2-4-6-16/h2-7,10,13H,8-9,11-12H2,1H3. The van der Waals surface area contributed by atoms with Crippen LogP contribution in [0.3, 0.4) is 0 Å². The molecular weight excluding hydrogens is 310 g/mol. The molecule has 5 nitrogen and oxygen atoms in total. The lowest BCUT2D eigenvalue weighted by Gasteiger charge is -2.38. The topological polar surface area (TPSA) is 65.7 Å². The number of hydrogen-bond acceptors (Lipinski definition) is 5. The van der Waals surface area contributed by atoms with Gasteiger partial charge in [0, 0.05) is 24.7 Å². The Balaban J connectivity index is 1.66. The molecule has 0 radical (unpaired) electrons. The van der Waals surface area contributed by atoms with Gasteiger partial charge in [-0.1, -0.05) is 30.3 Å². The fourth-order valence-electron chi connectivity index (χ4n) is 3.64. The van der Waals surface area contributed by atoms with Gasteiger partial charge in [-0.05, 0) is 31.4 Å². The van der Waals surface area contributed by atoms with Gasteiger partial charge in [0.2, 0.25) is 0 Å². The molecule has 0 saturated carbocycles. The third kappa shape index (κ3) is 2.70. The van der Waals surface area contributed by atoms with Crippen molar-refractivity contribution in [3.63, 3.8) is 0 Å². The number of fused-ring (bicyclic) bond motifs is 1. The molecule has 0 bridgehead atoms. The quantitative estimate of drug-likeness (QED) is 0.721. The zero-order valence-corrected chi connectivity index (χ0v) is 14.2. The highest BCUT2D eigenvalue weighted by atomic mass is 15.2. The molecule has 1 aromatic carbocycles. The minimum Gasteiger partial charge on any atom is -0.356 e. The number of hydrogen-bond donors (Lipinski definition) is 0. The van der Waals surface area contributed by atoms with E-state index >= 15 is 0 Å². The zero-order valence-electron chi connectivity index (χ0n) is 14.2. The van der Waals surface area contributed by atoms with Gasteiger partial charge in [0.25, 0.3) is 0 Å². The summed E-state index contributed by atoms with van der Waals surface area (Å²) in [7, 11) is 0. The van der Waals surface area contributed by atoms with Gasteiger partial charge < -0.3 is 4.90 Å². The van der Waals surface area contributed by atoms with Crippen molar-refractivity contribution < 1.29 is 0 Å². The van der Waals surface area contributed by atoms with Crippen LogP contribution >= 0.6 is 0 Å². The Kier molecular flexibility index (Phi) is 3.81. The third-order valence-corrected chi connectivity index (χ3v) is 5.05. The second-order valence-electron chi connectivity index (χ2n) is 6.53. The van der Waals surface area contributed by atoms with E-state index in [0.29, 0.717) is 0 Å². The van der Waals surface area contributed by atoms with Gasteiger partial charge in [-0.2, -0.15) is 5.26 Å². The van der Waals surface area contributed by atoms with Gasteiger partial charge in [-0.15, -0.1) is 0 Å². The first-order valence-corrected chi connectivity index (χ1v) is 8.52. The second kappa shape index (κ2) is 6.14. The van der Waals surface area contributed by atoms with Gasteiger partial charge in [-0.25, -0.2) is 9.97 Å². The van der Waals surface area contributed by atoms with Crippen molar-refractivity contribution in [2.45, 2.75) is 25.2 Å². The van der Waals surface area contributed by atoms with Crippen molar-refractivity contribution in [2.75, 3.05) is 18.0 Å². The highest BCUT2D eigenvalue weighted by Crippen LogP contribution is 2.37. The molecule has 0 amide bonds. The van der Waals surface area contributed by atoms with Crippen molar-refractivity contribution in [3.8, 4) is 6.07 Å². The number of aryl methyl sites for hydroxylation is 1. The summed E-state index contributed by atoms with van der Waals surface area (Å²) < 4.78 is 0. The molecule has 1 fully saturated rings. The number of piperidine rings is 1. The second-order valence-corrected chi connectivity index (χ2v) is 6.53. The molecule has 5 heteroatoms. The van der Waals surface area contributed by atoms with E-state index in [9.17, 15) is 5.26 Å². The SMILES string of the molecule is Cc1nc(N2CCC(C#N)(c3ccccc3)CC2)c2ccncc2n1. The van der Waals surface area contributed by atoms with Gasteiger partial charge in [-0.3, -0.25) is 4.98 Å². The maximum Gasteiger partial charge on any atom is 0.140 e. The highest BCUT2D eigenvalue weighted by molar-refractivity contribution is 5.88. The van der Waals surface area contributed by atoms with E-state index in [0.717, 1.165) is 54.0 Å². The van der Waals surface area contributed by atoms with Crippen LogP contribution in [0, 0.1) is 18.3 Å². The molecule has 0 aliphatic carbocycles. The number of rotatable bonds is 2. The van der Waals surface area contributed by atoms with Crippen molar-refractivity contribution in [1.82, 2.24) is 15.0 Å². The minimum atomic E-state index is -0.406. The molecule has 4 rings (SSSR count). The highest BCUT2D eigenvalue weighted by Gasteiger charge is 2.37. The lowest BCUT2D eigenvalue weighted by molar-refractivity contribution is 0.414. The molecular formula is C20H19N5. The van der Waals surface area contributed by atoms with Gasteiger partial charge in [0.1, 0.15) is 11.6 Å². The maximum atomic E-state index is 9.87. The van der Waals surface area contributed by atoms with Gasteiger partial charge >= 0.3 is 0 Å². The van der Waals surface area contributed by atoms with E-state index < -0.39 is 5.41 Å². The van der Waals surface area contributed by atoms with Crippen LogP contribution in [0.5, 0.6) is 0 Å². The molecule has 2 aromatic heterocycles. The molecule has 0 spiro atoms. The van der Waals surface area contributed by atoms with E-state index in [1.54, 1.807) is 12.4 Å². The van der Waals surface area contributed by atoms with Crippen LogP contribution in [-0.2, 0) is 5.41 Å². The first-order valence-electron chi connectivity index (χ1n) is 8.52. The average Bonchev–Trinajstić information content (AvgIpc) is 2.68. The smallest absolute Gasteiger partial charge is 0.140 e. The largest absolute Gasteiger partial charge is 0.356 e. The normalized spacial score (nSPS) is 16.6. The van der Waals surface area contributed by atoms with E-state index in [1.807, 2.05) is 31.2 Å². The summed E-state index contributed by atoms with van der Waals surface area (Å²) in [5.74, 6) is 1.69. The Labute approximate surface area is 147 Å². The summed E-state index contributed by atoms with van der Waals surface area (Å²) in [6, 6.07) is 14.7. The van der Waals surface area contributed by atoms with Crippen LogP contribution in [-0.4, -0.2) is 28.0 Å². The lowest BCUT2D eigenvalue weighted by Crippen LogP contribution is -2.42. The molecule has 3 aromatic rings. The first kappa shape index (κ1) is 15.5. The molecule has 1 aliphatic rings. The maximum absolute atomic E-state index is 9.87. The number of nitriles is 1. The summed E-state index contributed by atoms with van der Waals surface area (Å²) in [5.41, 5.74) is 1.58. The first-order chi connectivity index (χ1) is 12.2. The van der Waals surface area contributed by atoms with E-state index in [4.69, 9.17) is 0 Å². The summed E-state index contributed by atoms with van der Waals surface area (Å²) in [5, 5.41) is 10.9. The summed E-state index contributed by atoms with van der Waals surface area (Å²) in [6.45, 7) is 3.51. The Hall–Kier alpha value is -3.00. The van der Waals surface area contributed by atoms with Crippen LogP contribution in [0.2, 0.25) is 0 Å². The summed E-state index contributed by atoms with van der Waals surface area (Å²) in [4.78, 5) is 15.6. The van der Waals surface area contributed by atoms with Crippen molar-refractivity contribution in [2.24, 2.45) is 0 Å². The van der Waals surface area contributed by atoms with Gasteiger partial charge in [0.15, 0.2) is 0 Å². The molecule has 3 heterocycles. The fourth-order valence-corrected chi connectivity index (χ4v) is 3.64. The van der Waals surface area contributed by atoms with Crippen molar-refractivity contribution in [3.05, 3.63) is 60.2 Å². The minimum absolute atomic E-state index is 0.406. The number of pyridine rings is 1. The Morgan fingerprint density at radius 2 is 1.84 bits per heavy atom.